The van der Waals surface area contributed by atoms with Crippen LogP contribution in [0.4, 0.5) is 0 Å². The molecule has 0 bridgehead atoms. The number of benzene rings is 2. The van der Waals surface area contributed by atoms with Crippen LogP contribution in [-0.4, -0.2) is 29.9 Å². The van der Waals surface area contributed by atoms with Crippen molar-refractivity contribution in [3.8, 4) is 11.1 Å². The van der Waals surface area contributed by atoms with E-state index in [4.69, 9.17) is 5.73 Å². The van der Waals surface area contributed by atoms with E-state index < -0.39 is 0 Å². The van der Waals surface area contributed by atoms with Gasteiger partial charge in [0.05, 0.1) is 0 Å². The van der Waals surface area contributed by atoms with Gasteiger partial charge in [-0.1, -0.05) is 42.5 Å². The second kappa shape index (κ2) is 6.10. The minimum Gasteiger partial charge on any atom is -0.334 e. The van der Waals surface area contributed by atoms with Crippen LogP contribution in [0.25, 0.3) is 11.1 Å². The summed E-state index contributed by atoms with van der Waals surface area (Å²) in [6.45, 7) is 1.37. The first-order valence-electron chi connectivity index (χ1n) is 7.46. The molecular weight excluding hydrogens is 260 g/mol. The fourth-order valence-electron chi connectivity index (χ4n) is 2.95. The molecule has 0 spiro atoms. The van der Waals surface area contributed by atoms with E-state index in [0.29, 0.717) is 6.54 Å². The molecule has 3 heteroatoms. The molecule has 2 aromatic carbocycles. The molecule has 108 valence electrons. The minimum absolute atomic E-state index is 0.0996. The topological polar surface area (TPSA) is 46.3 Å². The number of rotatable bonds is 3. The summed E-state index contributed by atoms with van der Waals surface area (Å²) in [5.41, 5.74) is 8.78. The van der Waals surface area contributed by atoms with Crippen molar-refractivity contribution in [2.24, 2.45) is 5.73 Å². The monoisotopic (exact) mass is 280 g/mol. The second-order valence-electron chi connectivity index (χ2n) is 5.47. The number of nitrogens with zero attached hydrogens (tertiary/aromatic N) is 1. The number of nitrogens with two attached hydrogens (primary N) is 1. The second-order valence-corrected chi connectivity index (χ2v) is 5.47. The average Bonchev–Trinajstić information content (AvgIpc) is 3.04. The normalized spacial score (nSPS) is 18.0. The summed E-state index contributed by atoms with van der Waals surface area (Å²) in [6, 6.07) is 18.2. The highest BCUT2D eigenvalue weighted by atomic mass is 16.2. The standard InChI is InChI=1S/C18H20N2O/c19-13-17-7-4-12-20(17)18(21)16-10-8-15(9-11-16)14-5-2-1-3-6-14/h1-3,5-6,8-11,17H,4,7,12-13,19H2. The molecule has 1 unspecified atom stereocenters. The van der Waals surface area contributed by atoms with Crippen LogP contribution in [0.2, 0.25) is 0 Å². The fourth-order valence-corrected chi connectivity index (χ4v) is 2.95. The van der Waals surface area contributed by atoms with Gasteiger partial charge in [-0.25, -0.2) is 0 Å². The van der Waals surface area contributed by atoms with Gasteiger partial charge in [0, 0.05) is 24.7 Å². The highest BCUT2D eigenvalue weighted by Crippen LogP contribution is 2.22. The first-order valence-corrected chi connectivity index (χ1v) is 7.46. The van der Waals surface area contributed by atoms with Crippen LogP contribution in [0.3, 0.4) is 0 Å². The third-order valence-corrected chi connectivity index (χ3v) is 4.15. The summed E-state index contributed by atoms with van der Waals surface area (Å²) in [6.07, 6.45) is 2.07. The first-order chi connectivity index (χ1) is 10.3. The molecule has 1 amide bonds. The van der Waals surface area contributed by atoms with Crippen LogP contribution in [-0.2, 0) is 0 Å². The minimum atomic E-state index is 0.0996. The maximum Gasteiger partial charge on any atom is 0.254 e. The zero-order chi connectivity index (χ0) is 14.7. The Morgan fingerprint density at radius 2 is 1.71 bits per heavy atom. The third kappa shape index (κ3) is 2.83. The van der Waals surface area contributed by atoms with Crippen molar-refractivity contribution in [2.75, 3.05) is 13.1 Å². The van der Waals surface area contributed by atoms with E-state index in [1.165, 1.54) is 0 Å². The van der Waals surface area contributed by atoms with Gasteiger partial charge in [-0.3, -0.25) is 4.79 Å². The molecule has 1 aliphatic rings. The molecule has 3 nitrogen and oxygen atoms in total. The van der Waals surface area contributed by atoms with E-state index in [1.807, 2.05) is 47.4 Å². The summed E-state index contributed by atoms with van der Waals surface area (Å²) < 4.78 is 0. The molecular formula is C18H20N2O. The van der Waals surface area contributed by atoms with E-state index in [0.717, 1.165) is 36.1 Å². The van der Waals surface area contributed by atoms with Gasteiger partial charge in [0.25, 0.3) is 5.91 Å². The Morgan fingerprint density at radius 3 is 2.38 bits per heavy atom. The molecule has 1 saturated heterocycles. The molecule has 2 N–H and O–H groups in total. The third-order valence-electron chi connectivity index (χ3n) is 4.15. The lowest BCUT2D eigenvalue weighted by Crippen LogP contribution is -2.39. The first kappa shape index (κ1) is 13.8. The Bertz CT molecular complexity index is 607. The number of carbonyl (C=O) groups excluding carboxylic acids is 1. The van der Waals surface area contributed by atoms with Crippen molar-refractivity contribution < 1.29 is 4.79 Å². The van der Waals surface area contributed by atoms with Crippen molar-refractivity contribution in [3.05, 3.63) is 60.2 Å². The molecule has 0 radical (unpaired) electrons. The summed E-state index contributed by atoms with van der Waals surface area (Å²) in [5.74, 6) is 0.0996. The molecule has 0 aromatic heterocycles. The zero-order valence-corrected chi connectivity index (χ0v) is 12.0. The molecule has 1 aliphatic heterocycles. The number of hydrogen-bond donors (Lipinski definition) is 1. The van der Waals surface area contributed by atoms with E-state index in [9.17, 15) is 4.79 Å². The fraction of sp³-hybridized carbons (Fsp3) is 0.278. The molecule has 0 aliphatic carbocycles. The van der Waals surface area contributed by atoms with Gasteiger partial charge in [0.2, 0.25) is 0 Å². The number of hydrogen-bond acceptors (Lipinski definition) is 2. The van der Waals surface area contributed by atoms with E-state index in [1.54, 1.807) is 0 Å². The maximum absolute atomic E-state index is 12.5. The molecule has 1 atom stereocenters. The Morgan fingerprint density at radius 1 is 1.05 bits per heavy atom. The average molecular weight is 280 g/mol. The predicted octanol–water partition coefficient (Wildman–Crippen LogP) is 2.92. The lowest BCUT2D eigenvalue weighted by atomic mass is 10.0. The van der Waals surface area contributed by atoms with E-state index in [-0.39, 0.29) is 11.9 Å². The van der Waals surface area contributed by atoms with Gasteiger partial charge in [0.15, 0.2) is 0 Å². The van der Waals surface area contributed by atoms with E-state index >= 15 is 0 Å². The van der Waals surface area contributed by atoms with Crippen molar-refractivity contribution in [1.29, 1.82) is 0 Å². The van der Waals surface area contributed by atoms with Crippen molar-refractivity contribution >= 4 is 5.91 Å². The Labute approximate surface area is 125 Å². The van der Waals surface area contributed by atoms with Gasteiger partial charge in [-0.15, -0.1) is 0 Å². The summed E-state index contributed by atoms with van der Waals surface area (Å²) in [7, 11) is 0. The van der Waals surface area contributed by atoms with Crippen LogP contribution in [0.5, 0.6) is 0 Å². The molecule has 2 aromatic rings. The number of amides is 1. The number of likely N-dealkylation sites (tertiary alicyclic amines) is 1. The SMILES string of the molecule is NCC1CCCN1C(=O)c1ccc(-c2ccccc2)cc1. The Kier molecular flexibility index (Phi) is 4.02. The van der Waals surface area contributed by atoms with Crippen molar-refractivity contribution in [2.45, 2.75) is 18.9 Å². The van der Waals surface area contributed by atoms with Crippen LogP contribution in [0.1, 0.15) is 23.2 Å². The van der Waals surface area contributed by atoms with Gasteiger partial charge in [-0.2, -0.15) is 0 Å². The van der Waals surface area contributed by atoms with Crippen LogP contribution in [0.15, 0.2) is 54.6 Å². The lowest BCUT2D eigenvalue weighted by Gasteiger charge is -2.23. The molecule has 1 fully saturated rings. The summed E-state index contributed by atoms with van der Waals surface area (Å²) in [4.78, 5) is 14.4. The van der Waals surface area contributed by atoms with Crippen molar-refractivity contribution in [3.63, 3.8) is 0 Å². The van der Waals surface area contributed by atoms with Crippen LogP contribution in [0, 0.1) is 0 Å². The van der Waals surface area contributed by atoms with Gasteiger partial charge in [-0.05, 0) is 36.1 Å². The summed E-state index contributed by atoms with van der Waals surface area (Å²) in [5, 5.41) is 0. The molecule has 1 heterocycles. The predicted molar refractivity (Wildman–Crippen MR) is 85.0 cm³/mol. The highest BCUT2D eigenvalue weighted by Gasteiger charge is 2.28. The van der Waals surface area contributed by atoms with Gasteiger partial charge >= 0.3 is 0 Å². The van der Waals surface area contributed by atoms with Crippen LogP contribution >= 0.6 is 0 Å². The largest absolute Gasteiger partial charge is 0.334 e. The quantitative estimate of drug-likeness (QED) is 0.939. The van der Waals surface area contributed by atoms with E-state index in [2.05, 4.69) is 12.1 Å². The Hall–Kier alpha value is -2.13. The highest BCUT2D eigenvalue weighted by molar-refractivity contribution is 5.95. The zero-order valence-electron chi connectivity index (χ0n) is 12.0. The molecule has 0 saturated carbocycles. The Balaban J connectivity index is 1.79. The molecule has 3 rings (SSSR count). The maximum atomic E-state index is 12.5. The van der Waals surface area contributed by atoms with Crippen molar-refractivity contribution in [1.82, 2.24) is 4.90 Å². The number of carbonyl (C=O) groups is 1. The lowest BCUT2D eigenvalue weighted by molar-refractivity contribution is 0.0741. The van der Waals surface area contributed by atoms with Gasteiger partial charge in [0.1, 0.15) is 0 Å². The molecule has 21 heavy (non-hydrogen) atoms. The van der Waals surface area contributed by atoms with Crippen LogP contribution < -0.4 is 5.73 Å². The smallest absolute Gasteiger partial charge is 0.254 e. The summed E-state index contributed by atoms with van der Waals surface area (Å²) >= 11 is 0. The van der Waals surface area contributed by atoms with Gasteiger partial charge < -0.3 is 10.6 Å².